The van der Waals surface area contributed by atoms with Crippen molar-refractivity contribution in [1.82, 2.24) is 4.98 Å². The van der Waals surface area contributed by atoms with Crippen LogP contribution in [0.1, 0.15) is 11.1 Å². The molecule has 0 saturated heterocycles. The Morgan fingerprint density at radius 1 is 1.25 bits per heavy atom. The molecular weight excluding hydrogens is 227 g/mol. The van der Waals surface area contributed by atoms with E-state index in [9.17, 15) is 4.39 Å². The van der Waals surface area contributed by atoms with Gasteiger partial charge in [-0.25, -0.2) is 9.37 Å². The number of pyridine rings is 1. The number of hydrogen-bond donors (Lipinski definition) is 1. The van der Waals surface area contributed by atoms with E-state index in [1.54, 1.807) is 18.2 Å². The van der Waals surface area contributed by atoms with Crippen LogP contribution < -0.4 is 5.73 Å². The summed E-state index contributed by atoms with van der Waals surface area (Å²) < 4.78 is 12.7. The van der Waals surface area contributed by atoms with E-state index in [1.165, 1.54) is 18.3 Å². The third kappa shape index (κ3) is 2.49. The van der Waals surface area contributed by atoms with Crippen molar-refractivity contribution in [3.05, 3.63) is 58.5 Å². The molecule has 0 aliphatic heterocycles. The quantitative estimate of drug-likeness (QED) is 0.871. The van der Waals surface area contributed by atoms with Crippen LogP contribution in [0.3, 0.4) is 0 Å². The van der Waals surface area contributed by atoms with Crippen molar-refractivity contribution in [1.29, 1.82) is 0 Å². The van der Waals surface area contributed by atoms with Crippen LogP contribution >= 0.6 is 11.6 Å². The summed E-state index contributed by atoms with van der Waals surface area (Å²) in [7, 11) is 0. The average molecular weight is 237 g/mol. The molecule has 0 aliphatic carbocycles. The van der Waals surface area contributed by atoms with Crippen LogP contribution in [0.4, 0.5) is 10.2 Å². The van der Waals surface area contributed by atoms with Crippen molar-refractivity contribution >= 4 is 17.4 Å². The number of rotatable bonds is 2. The molecule has 2 nitrogen and oxygen atoms in total. The SMILES string of the molecule is Nc1ncc(Cl)cc1Cc1ccc(F)cc1. The minimum absolute atomic E-state index is 0.249. The van der Waals surface area contributed by atoms with Crippen LogP contribution in [0.15, 0.2) is 36.5 Å². The second kappa shape index (κ2) is 4.49. The highest BCUT2D eigenvalue weighted by Crippen LogP contribution is 2.18. The summed E-state index contributed by atoms with van der Waals surface area (Å²) in [5, 5.41) is 0.548. The van der Waals surface area contributed by atoms with E-state index in [0.29, 0.717) is 17.3 Å². The monoisotopic (exact) mass is 236 g/mol. The lowest BCUT2D eigenvalue weighted by Gasteiger charge is -2.05. The molecule has 82 valence electrons. The standard InChI is InChI=1S/C12H10ClFN2/c13-10-6-9(12(15)16-7-10)5-8-1-3-11(14)4-2-8/h1-4,6-7H,5H2,(H2,15,16). The second-order valence-corrected chi connectivity index (χ2v) is 3.94. The number of benzene rings is 1. The minimum Gasteiger partial charge on any atom is -0.383 e. The van der Waals surface area contributed by atoms with Gasteiger partial charge in [-0.05, 0) is 23.8 Å². The third-order valence-electron chi connectivity index (χ3n) is 2.28. The highest BCUT2D eigenvalue weighted by Gasteiger charge is 2.03. The van der Waals surface area contributed by atoms with Crippen molar-refractivity contribution in [3.63, 3.8) is 0 Å². The summed E-state index contributed by atoms with van der Waals surface area (Å²) in [5.74, 6) is 0.203. The Morgan fingerprint density at radius 2 is 1.94 bits per heavy atom. The molecule has 1 aromatic heterocycles. The predicted octanol–water partition coefficient (Wildman–Crippen LogP) is 3.05. The first-order valence-corrected chi connectivity index (χ1v) is 5.17. The Balaban J connectivity index is 2.26. The summed E-state index contributed by atoms with van der Waals surface area (Å²) in [6.45, 7) is 0. The Labute approximate surface area is 97.9 Å². The Kier molecular flexibility index (Phi) is 3.06. The van der Waals surface area contributed by atoms with Crippen LogP contribution in [-0.4, -0.2) is 4.98 Å². The number of nitrogens with zero attached hydrogens (tertiary/aromatic N) is 1. The van der Waals surface area contributed by atoms with E-state index >= 15 is 0 Å². The van der Waals surface area contributed by atoms with Crippen LogP contribution in [0.5, 0.6) is 0 Å². The first-order valence-electron chi connectivity index (χ1n) is 4.79. The zero-order chi connectivity index (χ0) is 11.5. The number of anilines is 1. The van der Waals surface area contributed by atoms with Crippen LogP contribution in [0, 0.1) is 5.82 Å². The largest absolute Gasteiger partial charge is 0.383 e. The lowest BCUT2D eigenvalue weighted by Crippen LogP contribution is -1.98. The zero-order valence-electron chi connectivity index (χ0n) is 8.45. The summed E-state index contributed by atoms with van der Waals surface area (Å²) in [4.78, 5) is 3.96. The second-order valence-electron chi connectivity index (χ2n) is 3.50. The van der Waals surface area contributed by atoms with Crippen LogP contribution in [-0.2, 0) is 6.42 Å². The van der Waals surface area contributed by atoms with Crippen LogP contribution in [0.25, 0.3) is 0 Å². The van der Waals surface area contributed by atoms with Gasteiger partial charge in [0.1, 0.15) is 11.6 Å². The molecule has 0 radical (unpaired) electrons. The molecule has 0 bridgehead atoms. The fraction of sp³-hybridized carbons (Fsp3) is 0.0833. The predicted molar refractivity (Wildman–Crippen MR) is 62.9 cm³/mol. The first-order chi connectivity index (χ1) is 7.65. The molecule has 0 unspecified atom stereocenters. The molecule has 2 rings (SSSR count). The normalized spacial score (nSPS) is 10.4. The maximum atomic E-state index is 12.7. The molecule has 2 N–H and O–H groups in total. The van der Waals surface area contributed by atoms with E-state index in [-0.39, 0.29) is 5.82 Å². The molecule has 2 aromatic rings. The molecule has 0 aliphatic rings. The molecule has 0 saturated carbocycles. The number of hydrogen-bond acceptors (Lipinski definition) is 2. The maximum Gasteiger partial charge on any atom is 0.126 e. The van der Waals surface area contributed by atoms with Crippen molar-refractivity contribution in [2.45, 2.75) is 6.42 Å². The lowest BCUT2D eigenvalue weighted by molar-refractivity contribution is 0.627. The molecule has 4 heteroatoms. The van der Waals surface area contributed by atoms with Gasteiger partial charge in [0, 0.05) is 18.2 Å². The zero-order valence-corrected chi connectivity index (χ0v) is 9.21. The third-order valence-corrected chi connectivity index (χ3v) is 2.48. The van der Waals surface area contributed by atoms with Crippen molar-refractivity contribution in [3.8, 4) is 0 Å². The van der Waals surface area contributed by atoms with Crippen molar-refractivity contribution in [2.24, 2.45) is 0 Å². The number of nitrogens with two attached hydrogens (primary N) is 1. The lowest BCUT2D eigenvalue weighted by atomic mass is 10.1. The summed E-state index contributed by atoms with van der Waals surface area (Å²) >= 11 is 5.83. The van der Waals surface area contributed by atoms with E-state index in [4.69, 9.17) is 17.3 Å². The van der Waals surface area contributed by atoms with E-state index in [0.717, 1.165) is 11.1 Å². The Hall–Kier alpha value is -1.61. The number of aromatic nitrogens is 1. The van der Waals surface area contributed by atoms with Gasteiger partial charge in [-0.3, -0.25) is 0 Å². The highest BCUT2D eigenvalue weighted by atomic mass is 35.5. The minimum atomic E-state index is -0.249. The smallest absolute Gasteiger partial charge is 0.126 e. The van der Waals surface area contributed by atoms with E-state index in [2.05, 4.69) is 4.98 Å². The molecular formula is C12H10ClFN2. The molecule has 16 heavy (non-hydrogen) atoms. The van der Waals surface area contributed by atoms with Gasteiger partial charge in [0.15, 0.2) is 0 Å². The van der Waals surface area contributed by atoms with Gasteiger partial charge in [0.2, 0.25) is 0 Å². The molecule has 1 aromatic carbocycles. The molecule has 0 atom stereocenters. The summed E-state index contributed by atoms with van der Waals surface area (Å²) in [5.41, 5.74) is 7.54. The fourth-order valence-electron chi connectivity index (χ4n) is 1.46. The molecule has 1 heterocycles. The van der Waals surface area contributed by atoms with Gasteiger partial charge >= 0.3 is 0 Å². The van der Waals surface area contributed by atoms with Crippen molar-refractivity contribution < 1.29 is 4.39 Å². The average Bonchev–Trinajstić information content (AvgIpc) is 2.27. The summed E-state index contributed by atoms with van der Waals surface area (Å²) in [6.07, 6.45) is 2.10. The first kappa shape index (κ1) is 10.9. The topological polar surface area (TPSA) is 38.9 Å². The van der Waals surface area contributed by atoms with E-state index in [1.807, 2.05) is 0 Å². The fourth-order valence-corrected chi connectivity index (χ4v) is 1.64. The van der Waals surface area contributed by atoms with Gasteiger partial charge in [-0.15, -0.1) is 0 Å². The van der Waals surface area contributed by atoms with Gasteiger partial charge < -0.3 is 5.73 Å². The molecule has 0 spiro atoms. The van der Waals surface area contributed by atoms with Crippen molar-refractivity contribution in [2.75, 3.05) is 5.73 Å². The molecule has 0 fully saturated rings. The number of nitrogen functional groups attached to an aromatic ring is 1. The Bertz CT molecular complexity index is 497. The van der Waals surface area contributed by atoms with Gasteiger partial charge in [-0.1, -0.05) is 23.7 Å². The highest BCUT2D eigenvalue weighted by molar-refractivity contribution is 6.30. The van der Waals surface area contributed by atoms with Gasteiger partial charge in [0.05, 0.1) is 5.02 Å². The maximum absolute atomic E-state index is 12.7. The van der Waals surface area contributed by atoms with Gasteiger partial charge in [0.25, 0.3) is 0 Å². The van der Waals surface area contributed by atoms with Gasteiger partial charge in [-0.2, -0.15) is 0 Å². The van der Waals surface area contributed by atoms with Crippen LogP contribution in [0.2, 0.25) is 5.02 Å². The van der Waals surface area contributed by atoms with E-state index < -0.39 is 0 Å². The summed E-state index contributed by atoms with van der Waals surface area (Å²) in [6, 6.07) is 8.05. The molecule has 0 amide bonds. The Morgan fingerprint density at radius 3 is 2.62 bits per heavy atom. The number of halogens is 2.